The first-order valence-corrected chi connectivity index (χ1v) is 8.53. The Hall–Kier alpha value is -2.44. The number of carbonyl (C=O) groups is 1. The summed E-state index contributed by atoms with van der Waals surface area (Å²) >= 11 is 0. The van der Waals surface area contributed by atoms with Crippen LogP contribution in [-0.4, -0.2) is 32.2 Å². The van der Waals surface area contributed by atoms with E-state index in [4.69, 9.17) is 0 Å². The Morgan fingerprint density at radius 1 is 1.36 bits per heavy atom. The summed E-state index contributed by atoms with van der Waals surface area (Å²) in [6.45, 7) is 12.1. The predicted molar refractivity (Wildman–Crippen MR) is 96.9 cm³/mol. The summed E-state index contributed by atoms with van der Waals surface area (Å²) in [5.74, 6) is 0.167. The van der Waals surface area contributed by atoms with E-state index in [2.05, 4.69) is 34.2 Å². The van der Waals surface area contributed by atoms with E-state index >= 15 is 0 Å². The lowest BCUT2D eigenvalue weighted by molar-refractivity contribution is 0.0951. The van der Waals surface area contributed by atoms with Gasteiger partial charge in [0.2, 0.25) is 0 Å². The van der Waals surface area contributed by atoms with Crippen molar-refractivity contribution in [3.8, 4) is 0 Å². The van der Waals surface area contributed by atoms with Gasteiger partial charge in [0.15, 0.2) is 0 Å². The van der Waals surface area contributed by atoms with Gasteiger partial charge in [-0.15, -0.1) is 0 Å². The van der Waals surface area contributed by atoms with Crippen LogP contribution in [0.15, 0.2) is 17.1 Å². The normalized spacial score (nSPS) is 11.8. The fourth-order valence-corrected chi connectivity index (χ4v) is 2.40. The van der Waals surface area contributed by atoms with Crippen LogP contribution in [0, 0.1) is 6.92 Å². The van der Waals surface area contributed by atoms with Crippen LogP contribution in [-0.2, 0) is 11.8 Å². The van der Waals surface area contributed by atoms with Gasteiger partial charge in [0.1, 0.15) is 11.4 Å². The summed E-state index contributed by atoms with van der Waals surface area (Å²) in [6, 6.07) is 2.24. The molecule has 0 unspecified atom stereocenters. The minimum atomic E-state index is -0.407. The minimum absolute atomic E-state index is 0.0701. The van der Waals surface area contributed by atoms with Crippen molar-refractivity contribution < 1.29 is 4.79 Å². The largest absolute Gasteiger partial charge is 0.351 e. The Kier molecular flexibility index (Phi) is 5.45. The van der Waals surface area contributed by atoms with E-state index in [-0.39, 0.29) is 11.0 Å². The van der Waals surface area contributed by atoms with Crippen molar-refractivity contribution in [3.05, 3.63) is 45.4 Å². The van der Waals surface area contributed by atoms with Crippen molar-refractivity contribution in [2.45, 2.75) is 59.4 Å². The second-order valence-corrected chi connectivity index (χ2v) is 7.51. The van der Waals surface area contributed by atoms with E-state index < -0.39 is 11.5 Å². The molecule has 136 valence electrons. The van der Waals surface area contributed by atoms with E-state index in [1.165, 1.54) is 0 Å². The molecule has 0 saturated carbocycles. The molecule has 1 amide bonds. The second-order valence-electron chi connectivity index (χ2n) is 7.51. The third-order valence-electron chi connectivity index (χ3n) is 3.90. The van der Waals surface area contributed by atoms with Crippen LogP contribution in [0.1, 0.15) is 68.2 Å². The van der Waals surface area contributed by atoms with E-state index in [1.54, 1.807) is 6.92 Å². The summed E-state index contributed by atoms with van der Waals surface area (Å²) in [6.07, 6.45) is 2.53. The molecule has 0 saturated heterocycles. The number of hydrogen-bond donors (Lipinski definition) is 2. The van der Waals surface area contributed by atoms with Crippen LogP contribution < -0.4 is 10.9 Å². The van der Waals surface area contributed by atoms with Crippen LogP contribution in [0.25, 0.3) is 0 Å². The zero-order valence-electron chi connectivity index (χ0n) is 15.8. The van der Waals surface area contributed by atoms with Gasteiger partial charge < -0.3 is 10.3 Å². The summed E-state index contributed by atoms with van der Waals surface area (Å²) in [5, 5.41) is 7.22. The molecule has 0 radical (unpaired) electrons. The van der Waals surface area contributed by atoms with Gasteiger partial charge in [-0.1, -0.05) is 20.8 Å². The maximum Gasteiger partial charge on any atom is 0.264 e. The van der Waals surface area contributed by atoms with Crippen LogP contribution in [0.2, 0.25) is 0 Å². The van der Waals surface area contributed by atoms with Crippen molar-refractivity contribution in [2.75, 3.05) is 6.54 Å². The maximum atomic E-state index is 12.4. The average Bonchev–Trinajstić information content (AvgIpc) is 2.94. The van der Waals surface area contributed by atoms with Crippen molar-refractivity contribution >= 4 is 5.91 Å². The Balaban J connectivity index is 2.04. The van der Waals surface area contributed by atoms with Gasteiger partial charge in [-0.3, -0.25) is 14.3 Å². The number of amides is 1. The van der Waals surface area contributed by atoms with Crippen LogP contribution in [0.3, 0.4) is 0 Å². The standard InChI is InChI=1S/C18H27N5O2/c1-11(2)23-10-8-13(22-23)7-9-19-15(24)14-12(3)20-17(18(4,5)6)21-16(14)25/h8,10-11H,7,9H2,1-6H3,(H,19,24)(H,20,21,25). The SMILES string of the molecule is Cc1nc(C(C)(C)C)[nH]c(=O)c1C(=O)NCCc1ccn(C(C)C)n1. The van der Waals surface area contributed by atoms with Gasteiger partial charge in [0, 0.05) is 30.6 Å². The fraction of sp³-hybridized carbons (Fsp3) is 0.556. The molecule has 0 spiro atoms. The van der Waals surface area contributed by atoms with Crippen molar-refractivity contribution in [3.63, 3.8) is 0 Å². The molecule has 0 aliphatic carbocycles. The number of aryl methyl sites for hydroxylation is 1. The highest BCUT2D eigenvalue weighted by Gasteiger charge is 2.22. The van der Waals surface area contributed by atoms with E-state index in [1.807, 2.05) is 37.7 Å². The molecule has 2 rings (SSSR count). The van der Waals surface area contributed by atoms with E-state index in [0.29, 0.717) is 30.5 Å². The fourth-order valence-electron chi connectivity index (χ4n) is 2.40. The molecule has 0 fully saturated rings. The highest BCUT2D eigenvalue weighted by atomic mass is 16.2. The van der Waals surface area contributed by atoms with Gasteiger partial charge in [-0.05, 0) is 26.8 Å². The highest BCUT2D eigenvalue weighted by molar-refractivity contribution is 5.94. The molecule has 7 nitrogen and oxygen atoms in total. The first kappa shape index (κ1) is 18.9. The quantitative estimate of drug-likeness (QED) is 0.868. The number of H-pyrrole nitrogens is 1. The number of nitrogens with one attached hydrogen (secondary N) is 2. The summed E-state index contributed by atoms with van der Waals surface area (Å²) in [5.41, 5.74) is 0.726. The third-order valence-corrected chi connectivity index (χ3v) is 3.90. The topological polar surface area (TPSA) is 92.7 Å². The number of hydrogen-bond acceptors (Lipinski definition) is 4. The van der Waals surface area contributed by atoms with Gasteiger partial charge >= 0.3 is 0 Å². The number of nitrogens with zero attached hydrogens (tertiary/aromatic N) is 3. The summed E-state index contributed by atoms with van der Waals surface area (Å²) < 4.78 is 1.88. The number of aromatic amines is 1. The highest BCUT2D eigenvalue weighted by Crippen LogP contribution is 2.17. The molecule has 2 aromatic heterocycles. The lowest BCUT2D eigenvalue weighted by atomic mass is 9.95. The molecule has 7 heteroatoms. The van der Waals surface area contributed by atoms with Gasteiger partial charge in [-0.25, -0.2) is 4.98 Å². The number of carbonyl (C=O) groups excluding carboxylic acids is 1. The zero-order chi connectivity index (χ0) is 18.8. The molecule has 2 heterocycles. The van der Waals surface area contributed by atoms with Gasteiger partial charge in [0.05, 0.1) is 11.4 Å². The summed E-state index contributed by atoms with van der Waals surface area (Å²) in [4.78, 5) is 31.7. The molecule has 0 aliphatic heterocycles. The zero-order valence-corrected chi connectivity index (χ0v) is 15.8. The molecular weight excluding hydrogens is 318 g/mol. The smallest absolute Gasteiger partial charge is 0.264 e. The molecule has 0 bridgehead atoms. The molecular formula is C18H27N5O2. The van der Waals surface area contributed by atoms with Crippen LogP contribution in [0.5, 0.6) is 0 Å². The Morgan fingerprint density at radius 3 is 2.56 bits per heavy atom. The molecule has 0 atom stereocenters. The van der Waals surface area contributed by atoms with Gasteiger partial charge in [-0.2, -0.15) is 5.10 Å². The molecule has 0 aliphatic rings. The molecule has 0 aromatic carbocycles. The van der Waals surface area contributed by atoms with Crippen molar-refractivity contribution in [1.82, 2.24) is 25.1 Å². The predicted octanol–water partition coefficient (Wildman–Crippen LogP) is 2.13. The number of rotatable bonds is 5. The molecule has 2 aromatic rings. The van der Waals surface area contributed by atoms with Crippen LogP contribution >= 0.6 is 0 Å². The molecule has 2 N–H and O–H groups in total. The first-order valence-electron chi connectivity index (χ1n) is 8.53. The Bertz CT molecular complexity index is 812. The number of aromatic nitrogens is 4. The Labute approximate surface area is 147 Å². The van der Waals surface area contributed by atoms with Crippen molar-refractivity contribution in [1.29, 1.82) is 0 Å². The maximum absolute atomic E-state index is 12.4. The average molecular weight is 345 g/mol. The minimum Gasteiger partial charge on any atom is -0.351 e. The lowest BCUT2D eigenvalue weighted by Gasteiger charge is -2.18. The second kappa shape index (κ2) is 7.21. The van der Waals surface area contributed by atoms with Crippen LogP contribution in [0.4, 0.5) is 0 Å². The van der Waals surface area contributed by atoms with E-state index in [0.717, 1.165) is 5.69 Å². The molecule has 25 heavy (non-hydrogen) atoms. The van der Waals surface area contributed by atoms with Crippen molar-refractivity contribution in [2.24, 2.45) is 0 Å². The van der Waals surface area contributed by atoms with E-state index in [9.17, 15) is 9.59 Å². The van der Waals surface area contributed by atoms with Gasteiger partial charge in [0.25, 0.3) is 11.5 Å². The third kappa shape index (κ3) is 4.55. The summed E-state index contributed by atoms with van der Waals surface area (Å²) in [7, 11) is 0. The first-order chi connectivity index (χ1) is 11.6. The Morgan fingerprint density at radius 2 is 2.04 bits per heavy atom. The lowest BCUT2D eigenvalue weighted by Crippen LogP contribution is -2.34. The monoisotopic (exact) mass is 345 g/mol.